The maximum absolute atomic E-state index is 13.3. The van der Waals surface area contributed by atoms with Gasteiger partial charge >= 0.3 is 0 Å². The first-order valence-electron chi connectivity index (χ1n) is 24.5. The Balaban J connectivity index is 0.661. The molecule has 4 fully saturated rings. The molecule has 0 aliphatic carbocycles. The minimum absolute atomic E-state index is 0.0564. The number of pyridine rings is 1. The van der Waals surface area contributed by atoms with Gasteiger partial charge < -0.3 is 30.2 Å². The summed E-state index contributed by atoms with van der Waals surface area (Å²) in [7, 11) is 0. The number of carbonyl (C=O) groups excluding carboxylic acids is 6. The zero-order valence-corrected chi connectivity index (χ0v) is 38.6. The molecule has 1 unspecified atom stereocenters. The average Bonchev–Trinajstić information content (AvgIpc) is 3.70. The van der Waals surface area contributed by atoms with Gasteiger partial charge in [-0.15, -0.1) is 10.2 Å². The van der Waals surface area contributed by atoms with E-state index in [0.717, 1.165) is 139 Å². The lowest BCUT2D eigenvalue weighted by atomic mass is 9.91. The summed E-state index contributed by atoms with van der Waals surface area (Å²) in [5, 5.41) is 17.6. The van der Waals surface area contributed by atoms with Crippen LogP contribution in [-0.2, 0) is 25.7 Å². The lowest BCUT2D eigenvalue weighted by Crippen LogP contribution is -2.54. The molecule has 1 atom stereocenters. The number of piperidine rings is 3. The van der Waals surface area contributed by atoms with E-state index in [0.29, 0.717) is 55.7 Å². The van der Waals surface area contributed by atoms with Gasteiger partial charge in [-0.3, -0.25) is 44.0 Å². The van der Waals surface area contributed by atoms with E-state index in [9.17, 15) is 28.8 Å². The van der Waals surface area contributed by atoms with Gasteiger partial charge in [0.25, 0.3) is 11.8 Å². The lowest BCUT2D eigenvalue weighted by molar-refractivity contribution is -0.137. The standard InChI is InChI=1S/C50H65N11O6/c62-45(17-13-37-9-7-23-51-34-37)53-25-5-3-8-36-19-26-60(27-20-36)50(67)42-14-16-44(56-55-42)58-28-21-38(22-29-58)57-30-32-59(33-31-57)47(64)12-2-1-4-24-52-41-11-6-10-39-40(41)35-61(49(39)66)43-15-18-46(63)54-48(43)65/h6-7,9-11,13-14,16-17,23,34,36,38,43,52H,1-5,8,12,15,18-22,24-33,35H2,(H,53,62)(H,54,63,65)/b17-13+. The number of imide groups is 1. The smallest absolute Gasteiger partial charge is 0.274 e. The Morgan fingerprint density at radius 2 is 1.58 bits per heavy atom. The maximum atomic E-state index is 13.3. The number of carbonyl (C=O) groups is 6. The van der Waals surface area contributed by atoms with Crippen molar-refractivity contribution in [1.82, 2.24) is 45.4 Å². The molecule has 5 aliphatic rings. The van der Waals surface area contributed by atoms with Crippen LogP contribution in [0.2, 0.25) is 0 Å². The monoisotopic (exact) mass is 916 g/mol. The molecule has 0 bridgehead atoms. The van der Waals surface area contributed by atoms with Gasteiger partial charge in [-0.05, 0) is 99.3 Å². The van der Waals surface area contributed by atoms with Crippen LogP contribution in [0.25, 0.3) is 6.08 Å². The number of aromatic nitrogens is 3. The van der Waals surface area contributed by atoms with Gasteiger partial charge in [0, 0.05) is 126 Å². The molecule has 1 aromatic carbocycles. The highest BCUT2D eigenvalue weighted by Gasteiger charge is 2.40. The lowest BCUT2D eigenvalue weighted by Gasteiger charge is -2.43. The number of rotatable bonds is 18. The van der Waals surface area contributed by atoms with Gasteiger partial charge in [0.15, 0.2) is 11.5 Å². The van der Waals surface area contributed by atoms with E-state index < -0.39 is 11.9 Å². The molecule has 17 nitrogen and oxygen atoms in total. The molecule has 356 valence electrons. The van der Waals surface area contributed by atoms with Crippen LogP contribution in [-0.4, -0.2) is 148 Å². The molecule has 0 saturated carbocycles. The zero-order valence-electron chi connectivity index (χ0n) is 38.6. The number of hydrogen-bond acceptors (Lipinski definition) is 12. The number of anilines is 2. The van der Waals surface area contributed by atoms with Crippen molar-refractivity contribution in [3.63, 3.8) is 0 Å². The van der Waals surface area contributed by atoms with Crippen LogP contribution in [0.4, 0.5) is 11.5 Å². The predicted octanol–water partition coefficient (Wildman–Crippen LogP) is 4.27. The van der Waals surface area contributed by atoms with Crippen molar-refractivity contribution in [2.45, 2.75) is 102 Å². The molecule has 0 radical (unpaired) electrons. The Labute approximate surface area is 393 Å². The van der Waals surface area contributed by atoms with Gasteiger partial charge in [0.05, 0.1) is 0 Å². The fraction of sp³-hybridized carbons (Fsp3) is 0.540. The van der Waals surface area contributed by atoms with Crippen LogP contribution >= 0.6 is 0 Å². The summed E-state index contributed by atoms with van der Waals surface area (Å²) in [6.07, 6.45) is 17.5. The van der Waals surface area contributed by atoms with Crippen LogP contribution < -0.4 is 20.9 Å². The molecule has 67 heavy (non-hydrogen) atoms. The fourth-order valence-electron chi connectivity index (χ4n) is 10.2. The van der Waals surface area contributed by atoms with E-state index in [2.05, 4.69) is 40.9 Å². The summed E-state index contributed by atoms with van der Waals surface area (Å²) in [5.41, 5.74) is 3.64. The summed E-state index contributed by atoms with van der Waals surface area (Å²) < 4.78 is 0. The number of nitrogens with zero attached hydrogens (tertiary/aromatic N) is 8. The Bertz CT molecular complexity index is 2230. The number of benzene rings is 1. The van der Waals surface area contributed by atoms with Gasteiger partial charge in [0.1, 0.15) is 6.04 Å². The van der Waals surface area contributed by atoms with Crippen molar-refractivity contribution in [2.75, 3.05) is 75.7 Å². The van der Waals surface area contributed by atoms with E-state index in [4.69, 9.17) is 0 Å². The first-order valence-corrected chi connectivity index (χ1v) is 24.5. The van der Waals surface area contributed by atoms with Crippen LogP contribution in [0.5, 0.6) is 0 Å². The van der Waals surface area contributed by atoms with Gasteiger partial charge in [-0.25, -0.2) is 0 Å². The highest BCUT2D eigenvalue weighted by molar-refractivity contribution is 6.06. The van der Waals surface area contributed by atoms with Gasteiger partial charge in [-0.2, -0.15) is 0 Å². The molecular weight excluding hydrogens is 851 g/mol. The van der Waals surface area contributed by atoms with Gasteiger partial charge in [-0.1, -0.05) is 31.4 Å². The number of likely N-dealkylation sites (tertiary alicyclic amines) is 1. The molecule has 2 aromatic heterocycles. The minimum Gasteiger partial charge on any atom is -0.385 e. The van der Waals surface area contributed by atoms with Crippen molar-refractivity contribution in [3.05, 3.63) is 83.3 Å². The summed E-state index contributed by atoms with van der Waals surface area (Å²) in [6.45, 7) is 8.15. The molecule has 17 heteroatoms. The third-order valence-electron chi connectivity index (χ3n) is 14.2. The second-order valence-corrected chi connectivity index (χ2v) is 18.5. The van der Waals surface area contributed by atoms with Crippen LogP contribution in [0.1, 0.15) is 115 Å². The normalized spacial score (nSPS) is 19.8. The predicted molar refractivity (Wildman–Crippen MR) is 254 cm³/mol. The Kier molecular flexibility index (Phi) is 16.2. The van der Waals surface area contributed by atoms with Crippen molar-refractivity contribution >= 4 is 53.0 Å². The quantitative estimate of drug-likeness (QED) is 0.0935. The SMILES string of the molecule is O=C(/C=C/c1cccnc1)NCCCCC1CCN(C(=O)c2ccc(N3CCC(N4CCN(C(=O)CCCCCNc5cccc6c5CN(C5CCC(=O)NC5=O)C6=O)CC4)CC3)nn2)CC1. The van der Waals surface area contributed by atoms with Crippen molar-refractivity contribution in [2.24, 2.45) is 5.92 Å². The number of hydrogen-bond donors (Lipinski definition) is 3. The topological polar surface area (TPSA) is 193 Å². The Hall–Kier alpha value is -6.23. The van der Waals surface area contributed by atoms with E-state index in [1.165, 1.54) is 0 Å². The number of amides is 6. The Morgan fingerprint density at radius 1 is 0.776 bits per heavy atom. The van der Waals surface area contributed by atoms with Crippen molar-refractivity contribution < 1.29 is 28.8 Å². The first kappa shape index (κ1) is 47.3. The molecule has 8 rings (SSSR count). The van der Waals surface area contributed by atoms with Crippen LogP contribution in [0, 0.1) is 5.92 Å². The second kappa shape index (κ2) is 23.0. The average molecular weight is 916 g/mol. The van der Waals surface area contributed by atoms with E-state index >= 15 is 0 Å². The number of unbranched alkanes of at least 4 members (excludes halogenated alkanes) is 3. The van der Waals surface area contributed by atoms with Crippen LogP contribution in [0.15, 0.2) is 60.9 Å². The van der Waals surface area contributed by atoms with Gasteiger partial charge in [0.2, 0.25) is 23.6 Å². The molecule has 5 aliphatic heterocycles. The fourth-order valence-corrected chi connectivity index (χ4v) is 10.2. The summed E-state index contributed by atoms with van der Waals surface area (Å²) >= 11 is 0. The molecule has 3 aromatic rings. The molecular formula is C50H65N11O6. The molecule has 7 heterocycles. The highest BCUT2D eigenvalue weighted by atomic mass is 16.2. The Morgan fingerprint density at radius 3 is 2.33 bits per heavy atom. The van der Waals surface area contributed by atoms with E-state index in [1.54, 1.807) is 35.5 Å². The van der Waals surface area contributed by atoms with E-state index in [-0.39, 0.29) is 36.0 Å². The maximum Gasteiger partial charge on any atom is 0.274 e. The van der Waals surface area contributed by atoms with Crippen molar-refractivity contribution in [1.29, 1.82) is 0 Å². The largest absolute Gasteiger partial charge is 0.385 e. The minimum atomic E-state index is -0.636. The van der Waals surface area contributed by atoms with Crippen LogP contribution in [0.3, 0.4) is 0 Å². The zero-order chi connectivity index (χ0) is 46.5. The third-order valence-corrected chi connectivity index (χ3v) is 14.2. The highest BCUT2D eigenvalue weighted by Crippen LogP contribution is 2.33. The summed E-state index contributed by atoms with van der Waals surface area (Å²) in [6, 6.07) is 12.9. The molecule has 3 N–H and O–H groups in total. The number of nitrogens with one attached hydrogen (secondary N) is 3. The van der Waals surface area contributed by atoms with E-state index in [1.807, 2.05) is 46.2 Å². The molecule has 4 saturated heterocycles. The third kappa shape index (κ3) is 12.4. The molecule has 0 spiro atoms. The number of piperazine rings is 1. The molecule has 6 amide bonds. The first-order chi connectivity index (χ1) is 32.7. The number of fused-ring (bicyclic) bond motifs is 1. The summed E-state index contributed by atoms with van der Waals surface area (Å²) in [4.78, 5) is 90.1. The second-order valence-electron chi connectivity index (χ2n) is 18.5. The van der Waals surface area contributed by atoms with Crippen molar-refractivity contribution in [3.8, 4) is 0 Å². The summed E-state index contributed by atoms with van der Waals surface area (Å²) in [5.74, 6) is 0.562.